The third-order valence-electron chi connectivity index (χ3n) is 3.37. The Morgan fingerprint density at radius 3 is 2.58 bits per heavy atom. The first-order valence-corrected chi connectivity index (χ1v) is 8.58. The van der Waals surface area contributed by atoms with Gasteiger partial charge in [0.1, 0.15) is 0 Å². The second-order valence-corrected chi connectivity index (χ2v) is 7.88. The molecule has 1 heterocycles. The molecule has 19 heavy (non-hydrogen) atoms. The molecule has 0 saturated carbocycles. The van der Waals surface area contributed by atoms with E-state index < -0.39 is 10.0 Å². The fourth-order valence-electron chi connectivity index (χ4n) is 2.18. The molecule has 1 aromatic rings. The van der Waals surface area contributed by atoms with Gasteiger partial charge in [-0.05, 0) is 24.5 Å². The number of halogens is 1. The Kier molecular flexibility index (Phi) is 5.00. The minimum atomic E-state index is -3.24. The number of ether oxygens (including phenoxy) is 1. The molecule has 0 N–H and O–H groups in total. The highest BCUT2D eigenvalue weighted by atomic mass is 79.9. The van der Waals surface area contributed by atoms with Gasteiger partial charge in [0.05, 0.1) is 5.25 Å². The van der Waals surface area contributed by atoms with Crippen molar-refractivity contribution < 1.29 is 13.2 Å². The maximum Gasteiger partial charge on any atom is 0.217 e. The monoisotopic (exact) mass is 347 g/mol. The van der Waals surface area contributed by atoms with Crippen LogP contribution in [0.15, 0.2) is 28.7 Å². The van der Waals surface area contributed by atoms with Crippen LogP contribution in [-0.4, -0.2) is 38.2 Å². The maximum atomic E-state index is 12.5. The third kappa shape index (κ3) is 3.56. The molecule has 0 amide bonds. The summed E-state index contributed by atoms with van der Waals surface area (Å²) in [6, 6.07) is 7.68. The van der Waals surface area contributed by atoms with E-state index in [0.29, 0.717) is 32.6 Å². The van der Waals surface area contributed by atoms with Crippen LogP contribution >= 0.6 is 15.9 Å². The Bertz CT molecular complexity index is 526. The summed E-state index contributed by atoms with van der Waals surface area (Å²) in [5.74, 6) is 0. The largest absolute Gasteiger partial charge is 0.381 e. The van der Waals surface area contributed by atoms with E-state index in [0.717, 1.165) is 10.0 Å². The zero-order valence-electron chi connectivity index (χ0n) is 10.9. The standard InChI is InChI=1S/C13H18BrNO3S/c1-15(10-11-4-2-3-5-13(11)14)19(16,17)12-6-8-18-9-7-12/h2-5,12H,6-10H2,1H3. The van der Waals surface area contributed by atoms with E-state index in [1.165, 1.54) is 4.31 Å². The summed E-state index contributed by atoms with van der Waals surface area (Å²) in [5.41, 5.74) is 0.973. The zero-order valence-corrected chi connectivity index (χ0v) is 13.3. The highest BCUT2D eigenvalue weighted by Crippen LogP contribution is 2.23. The quantitative estimate of drug-likeness (QED) is 0.839. The smallest absolute Gasteiger partial charge is 0.217 e. The third-order valence-corrected chi connectivity index (χ3v) is 6.46. The minimum Gasteiger partial charge on any atom is -0.381 e. The van der Waals surface area contributed by atoms with Gasteiger partial charge in [-0.3, -0.25) is 0 Å². The second kappa shape index (κ2) is 6.35. The van der Waals surface area contributed by atoms with Crippen molar-refractivity contribution in [3.05, 3.63) is 34.3 Å². The molecule has 6 heteroatoms. The van der Waals surface area contributed by atoms with Crippen molar-refractivity contribution in [1.82, 2.24) is 4.31 Å². The number of sulfonamides is 1. The second-order valence-electron chi connectivity index (χ2n) is 4.70. The van der Waals surface area contributed by atoms with E-state index in [1.807, 2.05) is 24.3 Å². The molecule has 0 atom stereocenters. The van der Waals surface area contributed by atoms with Gasteiger partial charge >= 0.3 is 0 Å². The minimum absolute atomic E-state index is 0.311. The number of rotatable bonds is 4. The SMILES string of the molecule is CN(Cc1ccccc1Br)S(=O)(=O)C1CCOCC1. The Balaban J connectivity index is 2.10. The summed E-state index contributed by atoms with van der Waals surface area (Å²) >= 11 is 3.45. The van der Waals surface area contributed by atoms with Crippen LogP contribution in [0.1, 0.15) is 18.4 Å². The highest BCUT2D eigenvalue weighted by Gasteiger charge is 2.31. The van der Waals surface area contributed by atoms with E-state index in [-0.39, 0.29) is 5.25 Å². The van der Waals surface area contributed by atoms with Gasteiger partial charge in [-0.1, -0.05) is 34.1 Å². The topological polar surface area (TPSA) is 46.6 Å². The Hall–Kier alpha value is -0.430. The van der Waals surface area contributed by atoms with Crippen molar-refractivity contribution >= 4 is 26.0 Å². The molecule has 106 valence electrons. The van der Waals surface area contributed by atoms with E-state index in [2.05, 4.69) is 15.9 Å². The average molecular weight is 348 g/mol. The average Bonchev–Trinajstić information content (AvgIpc) is 2.42. The normalized spacial score (nSPS) is 17.8. The first-order valence-electron chi connectivity index (χ1n) is 6.28. The van der Waals surface area contributed by atoms with Gasteiger partial charge < -0.3 is 4.74 Å². The zero-order chi connectivity index (χ0) is 13.9. The molecule has 4 nitrogen and oxygen atoms in total. The molecule has 1 aliphatic heterocycles. The molecule has 0 unspecified atom stereocenters. The highest BCUT2D eigenvalue weighted by molar-refractivity contribution is 9.10. The number of benzene rings is 1. The van der Waals surface area contributed by atoms with Crippen LogP contribution in [-0.2, 0) is 21.3 Å². The van der Waals surface area contributed by atoms with Gasteiger partial charge in [0, 0.05) is 31.3 Å². The molecule has 0 spiro atoms. The van der Waals surface area contributed by atoms with Crippen LogP contribution in [0.25, 0.3) is 0 Å². The summed E-state index contributed by atoms with van der Waals surface area (Å²) < 4.78 is 32.5. The van der Waals surface area contributed by atoms with Gasteiger partial charge in [0.15, 0.2) is 0 Å². The molecule has 1 saturated heterocycles. The van der Waals surface area contributed by atoms with Crippen molar-refractivity contribution in [2.75, 3.05) is 20.3 Å². The lowest BCUT2D eigenvalue weighted by Gasteiger charge is -2.27. The van der Waals surface area contributed by atoms with Gasteiger partial charge in [-0.2, -0.15) is 0 Å². The molecule has 1 aromatic carbocycles. The number of nitrogens with zero attached hydrogens (tertiary/aromatic N) is 1. The Morgan fingerprint density at radius 1 is 1.32 bits per heavy atom. The molecule has 0 aromatic heterocycles. The molecular formula is C13H18BrNO3S. The van der Waals surface area contributed by atoms with Gasteiger partial charge in [0.25, 0.3) is 0 Å². The van der Waals surface area contributed by atoms with Crippen molar-refractivity contribution in [1.29, 1.82) is 0 Å². The fraction of sp³-hybridized carbons (Fsp3) is 0.538. The number of hydrogen-bond acceptors (Lipinski definition) is 3. The van der Waals surface area contributed by atoms with Crippen LogP contribution in [0.3, 0.4) is 0 Å². The van der Waals surface area contributed by atoms with Crippen molar-refractivity contribution in [2.45, 2.75) is 24.6 Å². The molecule has 1 aliphatic rings. The van der Waals surface area contributed by atoms with Crippen LogP contribution in [0.5, 0.6) is 0 Å². The van der Waals surface area contributed by atoms with Crippen molar-refractivity contribution in [3.8, 4) is 0 Å². The number of hydrogen-bond donors (Lipinski definition) is 0. The molecule has 2 rings (SSSR count). The Morgan fingerprint density at radius 2 is 1.95 bits per heavy atom. The van der Waals surface area contributed by atoms with Crippen LogP contribution in [0.4, 0.5) is 0 Å². The predicted molar refractivity (Wildman–Crippen MR) is 78.4 cm³/mol. The first kappa shape index (κ1) is 15.0. The van der Waals surface area contributed by atoms with E-state index in [1.54, 1.807) is 7.05 Å². The summed E-state index contributed by atoms with van der Waals surface area (Å²) in [7, 11) is -1.60. The molecular weight excluding hydrogens is 330 g/mol. The molecule has 1 fully saturated rings. The predicted octanol–water partition coefficient (Wildman–Crippen LogP) is 2.39. The van der Waals surface area contributed by atoms with Crippen LogP contribution in [0, 0.1) is 0 Å². The lowest BCUT2D eigenvalue weighted by Crippen LogP contribution is -2.39. The molecule has 0 aliphatic carbocycles. The van der Waals surface area contributed by atoms with E-state index in [4.69, 9.17) is 4.74 Å². The molecule has 0 radical (unpaired) electrons. The summed E-state index contributed by atoms with van der Waals surface area (Å²) in [5, 5.41) is -0.311. The van der Waals surface area contributed by atoms with Crippen molar-refractivity contribution in [3.63, 3.8) is 0 Å². The van der Waals surface area contributed by atoms with Crippen molar-refractivity contribution in [2.24, 2.45) is 0 Å². The van der Waals surface area contributed by atoms with E-state index in [9.17, 15) is 8.42 Å². The fourth-order valence-corrected chi connectivity index (χ4v) is 4.21. The van der Waals surface area contributed by atoms with Gasteiger partial charge in [-0.25, -0.2) is 12.7 Å². The van der Waals surface area contributed by atoms with Gasteiger partial charge in [-0.15, -0.1) is 0 Å². The lowest BCUT2D eigenvalue weighted by atomic mass is 10.2. The van der Waals surface area contributed by atoms with Crippen LogP contribution < -0.4 is 0 Å². The lowest BCUT2D eigenvalue weighted by molar-refractivity contribution is 0.0973. The summed E-state index contributed by atoms with van der Waals surface area (Å²) in [6.45, 7) is 1.46. The Labute approximate surface area is 122 Å². The van der Waals surface area contributed by atoms with Gasteiger partial charge in [0.2, 0.25) is 10.0 Å². The maximum absolute atomic E-state index is 12.5. The van der Waals surface area contributed by atoms with Crippen LogP contribution in [0.2, 0.25) is 0 Å². The first-order chi connectivity index (χ1) is 9.01. The van der Waals surface area contributed by atoms with E-state index >= 15 is 0 Å². The molecule has 0 bridgehead atoms. The summed E-state index contributed by atoms with van der Waals surface area (Å²) in [6.07, 6.45) is 1.17. The summed E-state index contributed by atoms with van der Waals surface area (Å²) in [4.78, 5) is 0.